The van der Waals surface area contributed by atoms with Crippen molar-refractivity contribution in [3.8, 4) is 5.75 Å². The topological polar surface area (TPSA) is 71.5 Å². The summed E-state index contributed by atoms with van der Waals surface area (Å²) in [5, 5.41) is 4.37. The molecule has 29 heavy (non-hydrogen) atoms. The molecule has 1 atom stereocenters. The molecule has 4 rings (SSSR count). The first-order valence-corrected chi connectivity index (χ1v) is 10.5. The molecule has 1 N–H and O–H groups in total. The number of hydrogen-bond acceptors (Lipinski definition) is 5. The first-order valence-electron chi connectivity index (χ1n) is 8.98. The zero-order chi connectivity index (χ0) is 20.5. The normalized spacial score (nSPS) is 16.2. The lowest BCUT2D eigenvalue weighted by molar-refractivity contribution is -0.119. The lowest BCUT2D eigenvalue weighted by atomic mass is 10.1. The van der Waals surface area contributed by atoms with Gasteiger partial charge in [-0.1, -0.05) is 34.5 Å². The highest BCUT2D eigenvalue weighted by Crippen LogP contribution is 2.31. The van der Waals surface area contributed by atoms with Gasteiger partial charge in [-0.25, -0.2) is 4.98 Å². The molecule has 0 radical (unpaired) electrons. The molecule has 0 spiro atoms. The van der Waals surface area contributed by atoms with Crippen LogP contribution in [0.2, 0.25) is 10.0 Å². The van der Waals surface area contributed by atoms with Gasteiger partial charge >= 0.3 is 0 Å². The summed E-state index contributed by atoms with van der Waals surface area (Å²) in [6.07, 6.45) is 1.32. The predicted molar refractivity (Wildman–Crippen MR) is 115 cm³/mol. The lowest BCUT2D eigenvalue weighted by Crippen LogP contribution is -2.43. The van der Waals surface area contributed by atoms with Crippen LogP contribution in [-0.2, 0) is 4.79 Å². The Bertz CT molecular complexity index is 1100. The minimum Gasteiger partial charge on any atom is -0.496 e. The molecule has 2 aromatic carbocycles. The molecule has 2 heterocycles. The maximum atomic E-state index is 13.1. The number of amides is 2. The number of nitrogens with one attached hydrogen (secondary N) is 1. The number of fused-ring (bicyclic) bond motifs is 1. The van der Waals surface area contributed by atoms with Crippen LogP contribution in [0.3, 0.4) is 0 Å². The number of aromatic nitrogens is 1. The van der Waals surface area contributed by atoms with Crippen molar-refractivity contribution in [3.05, 3.63) is 52.0 Å². The number of benzene rings is 2. The number of carbonyl (C=O) groups is 2. The van der Waals surface area contributed by atoms with Crippen LogP contribution in [0.5, 0.6) is 5.75 Å². The highest BCUT2D eigenvalue weighted by Gasteiger charge is 2.36. The van der Waals surface area contributed by atoms with Gasteiger partial charge in [0.2, 0.25) is 5.91 Å². The van der Waals surface area contributed by atoms with Crippen LogP contribution in [0.1, 0.15) is 23.2 Å². The summed E-state index contributed by atoms with van der Waals surface area (Å²) in [6.45, 7) is 0.488. The Labute approximate surface area is 181 Å². The molecule has 1 fully saturated rings. The van der Waals surface area contributed by atoms with Crippen LogP contribution in [-0.4, -0.2) is 41.4 Å². The molecule has 9 heteroatoms. The van der Waals surface area contributed by atoms with Crippen LogP contribution < -0.4 is 10.1 Å². The Kier molecular flexibility index (Phi) is 5.63. The fraction of sp³-hybridized carbons (Fsp3) is 0.250. The van der Waals surface area contributed by atoms with E-state index >= 15 is 0 Å². The number of ether oxygens (including phenoxy) is 1. The zero-order valence-corrected chi connectivity index (χ0v) is 17.8. The van der Waals surface area contributed by atoms with E-state index in [-0.39, 0.29) is 11.8 Å². The number of carbonyl (C=O) groups excluding carboxylic acids is 2. The van der Waals surface area contributed by atoms with E-state index in [0.29, 0.717) is 39.5 Å². The van der Waals surface area contributed by atoms with Gasteiger partial charge in [-0.15, -0.1) is 0 Å². The molecule has 1 aliphatic heterocycles. The molecular weight excluding hydrogens is 433 g/mol. The molecule has 6 nitrogen and oxygen atoms in total. The minimum absolute atomic E-state index is 0.262. The SMILES string of the molecule is COc1ccc(Cl)cc1C(=O)N1CCCC1C(=O)Nc1nc2ccc(Cl)cc2s1. The molecule has 1 unspecified atom stereocenters. The van der Waals surface area contributed by atoms with Crippen molar-refractivity contribution >= 4 is 61.7 Å². The van der Waals surface area contributed by atoms with Crippen molar-refractivity contribution in [2.45, 2.75) is 18.9 Å². The third kappa shape index (κ3) is 4.03. The fourth-order valence-corrected chi connectivity index (χ4v) is 4.74. The van der Waals surface area contributed by atoms with Crippen LogP contribution >= 0.6 is 34.5 Å². The van der Waals surface area contributed by atoms with Gasteiger partial charge in [0.1, 0.15) is 11.8 Å². The Morgan fingerprint density at radius 2 is 1.97 bits per heavy atom. The number of thiazole rings is 1. The van der Waals surface area contributed by atoms with Crippen molar-refractivity contribution in [2.24, 2.45) is 0 Å². The first-order chi connectivity index (χ1) is 14.0. The monoisotopic (exact) mass is 449 g/mol. The van der Waals surface area contributed by atoms with Gasteiger partial charge in [-0.3, -0.25) is 9.59 Å². The Morgan fingerprint density at radius 1 is 1.21 bits per heavy atom. The molecule has 0 saturated carbocycles. The quantitative estimate of drug-likeness (QED) is 0.617. The Hall–Kier alpha value is -2.35. The minimum atomic E-state index is -0.582. The molecule has 0 aliphatic carbocycles. The Morgan fingerprint density at radius 3 is 2.76 bits per heavy atom. The number of methoxy groups -OCH3 is 1. The molecule has 3 aromatic rings. The predicted octanol–water partition coefficient (Wildman–Crippen LogP) is 4.86. The summed E-state index contributed by atoms with van der Waals surface area (Å²) < 4.78 is 6.17. The van der Waals surface area contributed by atoms with Gasteiger partial charge in [0, 0.05) is 16.6 Å². The second kappa shape index (κ2) is 8.18. The molecule has 2 amide bonds. The number of rotatable bonds is 4. The number of nitrogens with zero attached hydrogens (tertiary/aromatic N) is 2. The summed E-state index contributed by atoms with van der Waals surface area (Å²) in [7, 11) is 1.49. The smallest absolute Gasteiger partial charge is 0.258 e. The Balaban J connectivity index is 1.55. The fourth-order valence-electron chi connectivity index (χ4n) is 3.43. The van der Waals surface area contributed by atoms with E-state index in [9.17, 15) is 9.59 Å². The molecule has 1 saturated heterocycles. The molecule has 1 aliphatic rings. The second-order valence-electron chi connectivity index (χ2n) is 6.62. The van der Waals surface area contributed by atoms with Crippen LogP contribution in [0.4, 0.5) is 5.13 Å². The molecule has 1 aromatic heterocycles. The molecule has 0 bridgehead atoms. The van der Waals surface area contributed by atoms with Gasteiger partial charge < -0.3 is 15.0 Å². The van der Waals surface area contributed by atoms with Gasteiger partial charge in [0.15, 0.2) is 5.13 Å². The lowest BCUT2D eigenvalue weighted by Gasteiger charge is -2.24. The van der Waals surface area contributed by atoms with E-state index in [1.807, 2.05) is 0 Å². The van der Waals surface area contributed by atoms with Gasteiger partial charge in [-0.2, -0.15) is 0 Å². The van der Waals surface area contributed by atoms with E-state index in [1.54, 1.807) is 41.3 Å². The maximum Gasteiger partial charge on any atom is 0.258 e. The van der Waals surface area contributed by atoms with E-state index in [4.69, 9.17) is 27.9 Å². The van der Waals surface area contributed by atoms with Crippen molar-refractivity contribution in [2.75, 3.05) is 19.0 Å². The first kappa shape index (κ1) is 19.9. The number of likely N-dealkylation sites (tertiary alicyclic amines) is 1. The van der Waals surface area contributed by atoms with Crippen molar-refractivity contribution < 1.29 is 14.3 Å². The van der Waals surface area contributed by atoms with Crippen molar-refractivity contribution in [3.63, 3.8) is 0 Å². The highest BCUT2D eigenvalue weighted by atomic mass is 35.5. The number of anilines is 1. The van der Waals surface area contributed by atoms with Crippen LogP contribution in [0.25, 0.3) is 10.2 Å². The molecular formula is C20H17Cl2N3O3S. The van der Waals surface area contributed by atoms with Crippen LogP contribution in [0, 0.1) is 0 Å². The van der Waals surface area contributed by atoms with E-state index in [2.05, 4.69) is 10.3 Å². The summed E-state index contributed by atoms with van der Waals surface area (Å²) in [5.74, 6) is -0.117. The average Bonchev–Trinajstić information content (AvgIpc) is 3.33. The number of hydrogen-bond donors (Lipinski definition) is 1. The maximum absolute atomic E-state index is 13.1. The summed E-state index contributed by atoms with van der Waals surface area (Å²) in [6, 6.07) is 9.65. The third-order valence-electron chi connectivity index (χ3n) is 4.79. The summed E-state index contributed by atoms with van der Waals surface area (Å²) in [5.41, 5.74) is 1.10. The summed E-state index contributed by atoms with van der Waals surface area (Å²) in [4.78, 5) is 32.0. The van der Waals surface area contributed by atoms with Crippen molar-refractivity contribution in [1.29, 1.82) is 0 Å². The van der Waals surface area contributed by atoms with Crippen molar-refractivity contribution in [1.82, 2.24) is 9.88 Å². The van der Waals surface area contributed by atoms with Gasteiger partial charge in [0.25, 0.3) is 5.91 Å². The largest absolute Gasteiger partial charge is 0.496 e. The standard InChI is InChI=1S/C20H17Cl2N3O3S/c1-28-16-7-5-11(21)9-13(16)19(27)25-8-2-3-15(25)18(26)24-20-23-14-6-4-12(22)10-17(14)29-20/h4-7,9-10,15H,2-3,8H2,1H3,(H,23,24,26). The second-order valence-corrected chi connectivity index (χ2v) is 8.53. The highest BCUT2D eigenvalue weighted by molar-refractivity contribution is 7.22. The van der Waals surface area contributed by atoms with Crippen LogP contribution in [0.15, 0.2) is 36.4 Å². The molecule has 150 valence electrons. The summed E-state index contributed by atoms with van der Waals surface area (Å²) >= 11 is 13.4. The van der Waals surface area contributed by atoms with Gasteiger partial charge in [-0.05, 0) is 49.2 Å². The van der Waals surface area contributed by atoms with E-state index < -0.39 is 6.04 Å². The van der Waals surface area contributed by atoms with E-state index in [0.717, 1.165) is 16.6 Å². The van der Waals surface area contributed by atoms with Gasteiger partial charge in [0.05, 0.1) is 22.9 Å². The third-order valence-corrected chi connectivity index (χ3v) is 6.19. The number of halogens is 2. The zero-order valence-electron chi connectivity index (χ0n) is 15.4. The van der Waals surface area contributed by atoms with E-state index in [1.165, 1.54) is 18.4 Å². The average molecular weight is 450 g/mol.